The highest BCUT2D eigenvalue weighted by atomic mass is 32.2. The van der Waals surface area contributed by atoms with Crippen LogP contribution in [0.4, 0.5) is 16.4 Å². The number of amides is 1. The summed E-state index contributed by atoms with van der Waals surface area (Å²) in [6.45, 7) is 11.5. The SMILES string of the molecule is C[C@H](Nc1cc(-c2nnc([C@@](C)(Cc3ccccc3)N(C(=O)O)C(C)(C)C)o2)cc(N(C)S(C)(=O)=O)n1)[C@H]1C[C@@H]1C. The fourth-order valence-corrected chi connectivity index (χ4v) is 5.91. The standard InChI is InChI=1S/C29H40N6O5S/c1-18-14-22(18)19(2)30-23-15-21(16-24(31-23)34(7)41(8,38)39)25-32-33-26(40-25)29(6,17-20-12-10-9-11-13-20)35(27(36)37)28(3,4)5/h9-13,15-16,18-19,22H,14,17H2,1-8H3,(H,30,31)(H,36,37)/t18-,19-,22-,29+/m0/s1. The molecule has 222 valence electrons. The third kappa shape index (κ3) is 6.64. The smallest absolute Gasteiger partial charge is 0.408 e. The van der Waals surface area contributed by atoms with E-state index >= 15 is 0 Å². The van der Waals surface area contributed by atoms with Crippen molar-refractivity contribution in [2.24, 2.45) is 11.8 Å². The summed E-state index contributed by atoms with van der Waals surface area (Å²) in [7, 11) is -2.17. The Kier molecular flexibility index (Phi) is 8.10. The summed E-state index contributed by atoms with van der Waals surface area (Å²) in [5.41, 5.74) is -0.643. The van der Waals surface area contributed by atoms with Gasteiger partial charge in [0.25, 0.3) is 0 Å². The molecule has 1 aliphatic carbocycles. The molecule has 3 aromatic rings. The second-order valence-corrected chi connectivity index (χ2v) is 14.3. The summed E-state index contributed by atoms with van der Waals surface area (Å²) in [6.07, 6.45) is 1.40. The van der Waals surface area contributed by atoms with Crippen LogP contribution in [0.15, 0.2) is 46.9 Å². The van der Waals surface area contributed by atoms with Gasteiger partial charge in [-0.25, -0.2) is 18.2 Å². The number of carboxylic acid groups (broad SMARTS) is 1. The molecule has 1 aromatic carbocycles. The summed E-state index contributed by atoms with van der Waals surface area (Å²) < 4.78 is 32.1. The van der Waals surface area contributed by atoms with E-state index in [4.69, 9.17) is 4.42 Å². The van der Waals surface area contributed by atoms with E-state index in [1.165, 1.54) is 11.9 Å². The molecule has 41 heavy (non-hydrogen) atoms. The van der Waals surface area contributed by atoms with Gasteiger partial charge in [0.1, 0.15) is 17.2 Å². The van der Waals surface area contributed by atoms with E-state index in [0.717, 1.165) is 22.5 Å². The summed E-state index contributed by atoms with van der Waals surface area (Å²) in [5, 5.41) is 22.4. The van der Waals surface area contributed by atoms with Crippen LogP contribution in [0.5, 0.6) is 0 Å². The van der Waals surface area contributed by atoms with Crippen LogP contribution in [-0.2, 0) is 22.0 Å². The molecule has 12 heteroatoms. The minimum absolute atomic E-state index is 0.123. The fourth-order valence-electron chi connectivity index (χ4n) is 5.47. The molecule has 0 aliphatic heterocycles. The number of sulfonamides is 1. The van der Waals surface area contributed by atoms with E-state index in [1.54, 1.807) is 19.1 Å². The number of benzene rings is 1. The normalized spacial score (nSPS) is 19.2. The quantitative estimate of drug-likeness (QED) is 0.328. The number of hydrogen-bond acceptors (Lipinski definition) is 8. The third-order valence-corrected chi connectivity index (χ3v) is 8.88. The Hall–Kier alpha value is -3.67. The Morgan fingerprint density at radius 2 is 1.80 bits per heavy atom. The molecule has 1 fully saturated rings. The van der Waals surface area contributed by atoms with Gasteiger partial charge < -0.3 is 14.8 Å². The van der Waals surface area contributed by atoms with Gasteiger partial charge in [-0.15, -0.1) is 10.2 Å². The number of aromatic nitrogens is 3. The number of nitrogens with one attached hydrogen (secondary N) is 1. The van der Waals surface area contributed by atoms with E-state index in [2.05, 4.69) is 34.3 Å². The fraction of sp³-hybridized carbons (Fsp3) is 0.517. The first-order valence-corrected chi connectivity index (χ1v) is 15.5. The Bertz CT molecular complexity index is 1500. The highest BCUT2D eigenvalue weighted by Gasteiger charge is 2.47. The van der Waals surface area contributed by atoms with Crippen molar-refractivity contribution in [3.8, 4) is 11.5 Å². The maximum absolute atomic E-state index is 12.6. The first-order chi connectivity index (χ1) is 19.0. The van der Waals surface area contributed by atoms with Crippen LogP contribution in [0.2, 0.25) is 0 Å². The van der Waals surface area contributed by atoms with E-state index in [9.17, 15) is 18.3 Å². The van der Waals surface area contributed by atoms with Gasteiger partial charge in [0.2, 0.25) is 21.8 Å². The van der Waals surface area contributed by atoms with E-state index < -0.39 is 27.2 Å². The predicted octanol–water partition coefficient (Wildman–Crippen LogP) is 5.22. The van der Waals surface area contributed by atoms with Gasteiger partial charge in [-0.2, -0.15) is 0 Å². The van der Waals surface area contributed by atoms with Gasteiger partial charge in [0.15, 0.2) is 0 Å². The van der Waals surface area contributed by atoms with E-state index in [1.807, 2.05) is 51.1 Å². The summed E-state index contributed by atoms with van der Waals surface area (Å²) >= 11 is 0. The lowest BCUT2D eigenvalue weighted by Gasteiger charge is -2.45. The number of hydrogen-bond donors (Lipinski definition) is 2. The molecule has 1 aliphatic rings. The highest BCUT2D eigenvalue weighted by molar-refractivity contribution is 7.92. The Morgan fingerprint density at radius 3 is 2.34 bits per heavy atom. The van der Waals surface area contributed by atoms with Crippen LogP contribution in [0, 0.1) is 11.8 Å². The van der Waals surface area contributed by atoms with Gasteiger partial charge in [0, 0.05) is 30.6 Å². The maximum atomic E-state index is 12.6. The summed E-state index contributed by atoms with van der Waals surface area (Å²) in [6, 6.07) is 13.0. The zero-order valence-electron chi connectivity index (χ0n) is 24.9. The van der Waals surface area contributed by atoms with Gasteiger partial charge in [-0.3, -0.25) is 9.21 Å². The first-order valence-electron chi connectivity index (χ1n) is 13.6. The van der Waals surface area contributed by atoms with E-state index in [-0.39, 0.29) is 23.6 Å². The second kappa shape index (κ2) is 11.0. The molecule has 0 unspecified atom stereocenters. The van der Waals surface area contributed by atoms with Gasteiger partial charge in [-0.05, 0) is 70.6 Å². The molecule has 2 N–H and O–H groups in total. The molecule has 2 aromatic heterocycles. The Balaban J connectivity index is 1.80. The zero-order chi connectivity index (χ0) is 30.3. The minimum Gasteiger partial charge on any atom is -0.465 e. The maximum Gasteiger partial charge on any atom is 0.408 e. The van der Waals surface area contributed by atoms with Crippen LogP contribution in [0.25, 0.3) is 11.5 Å². The van der Waals surface area contributed by atoms with Crippen molar-refractivity contribution in [3.05, 3.63) is 53.9 Å². The van der Waals surface area contributed by atoms with Crippen LogP contribution in [-0.4, -0.2) is 64.6 Å². The predicted molar refractivity (Wildman–Crippen MR) is 158 cm³/mol. The lowest BCUT2D eigenvalue weighted by atomic mass is 9.87. The van der Waals surface area contributed by atoms with Gasteiger partial charge in [-0.1, -0.05) is 37.3 Å². The first kappa shape index (κ1) is 30.3. The van der Waals surface area contributed by atoms with Crippen molar-refractivity contribution in [3.63, 3.8) is 0 Å². The van der Waals surface area contributed by atoms with Gasteiger partial charge >= 0.3 is 6.09 Å². The van der Waals surface area contributed by atoms with E-state index in [0.29, 0.717) is 29.6 Å². The average molecular weight is 585 g/mol. The van der Waals surface area contributed by atoms with Crippen LogP contribution >= 0.6 is 0 Å². The van der Waals surface area contributed by atoms with Crippen molar-refractivity contribution in [2.45, 2.75) is 71.5 Å². The third-order valence-electron chi connectivity index (χ3n) is 7.70. The molecule has 4 rings (SSSR count). The van der Waals surface area contributed by atoms with Crippen molar-refractivity contribution < 1.29 is 22.7 Å². The molecule has 0 spiro atoms. The van der Waals surface area contributed by atoms with Crippen molar-refractivity contribution in [1.82, 2.24) is 20.1 Å². The van der Waals surface area contributed by atoms with Gasteiger partial charge in [0.05, 0.1) is 6.26 Å². The molecule has 0 saturated heterocycles. The Morgan fingerprint density at radius 1 is 1.17 bits per heavy atom. The minimum atomic E-state index is -3.60. The number of carbonyl (C=O) groups is 1. The molecule has 1 saturated carbocycles. The summed E-state index contributed by atoms with van der Waals surface area (Å²) in [5.74, 6) is 2.03. The molecular formula is C29H40N6O5S. The lowest BCUT2D eigenvalue weighted by molar-refractivity contribution is 0.00810. The molecule has 0 bridgehead atoms. The molecule has 1 amide bonds. The van der Waals surface area contributed by atoms with Crippen LogP contribution in [0.3, 0.4) is 0 Å². The lowest BCUT2D eigenvalue weighted by Crippen LogP contribution is -2.57. The van der Waals surface area contributed by atoms with Crippen molar-refractivity contribution in [2.75, 3.05) is 22.9 Å². The largest absolute Gasteiger partial charge is 0.465 e. The topological polar surface area (TPSA) is 142 Å². The monoisotopic (exact) mass is 584 g/mol. The second-order valence-electron chi connectivity index (χ2n) is 12.3. The van der Waals surface area contributed by atoms with Crippen LogP contribution < -0.4 is 9.62 Å². The number of rotatable bonds is 10. The molecule has 0 radical (unpaired) electrons. The molecular weight excluding hydrogens is 544 g/mol. The highest BCUT2D eigenvalue weighted by Crippen LogP contribution is 2.42. The number of anilines is 2. The van der Waals surface area contributed by atoms with Crippen molar-refractivity contribution >= 4 is 27.8 Å². The molecule has 4 atom stereocenters. The summed E-state index contributed by atoms with van der Waals surface area (Å²) in [4.78, 5) is 18.5. The molecule has 11 nitrogen and oxygen atoms in total. The van der Waals surface area contributed by atoms with Crippen molar-refractivity contribution in [1.29, 1.82) is 0 Å². The zero-order valence-corrected chi connectivity index (χ0v) is 25.7. The average Bonchev–Trinajstić information content (AvgIpc) is 3.38. The molecule has 2 heterocycles. The van der Waals surface area contributed by atoms with Crippen LogP contribution in [0.1, 0.15) is 59.4 Å². The number of nitrogens with zero attached hydrogens (tertiary/aromatic N) is 5. The Labute approximate surface area is 242 Å². The number of pyridine rings is 1.